The third kappa shape index (κ3) is 4.32. The molecule has 0 aromatic heterocycles. The van der Waals surface area contributed by atoms with Crippen LogP contribution in [-0.2, 0) is 4.79 Å². The highest BCUT2D eigenvalue weighted by molar-refractivity contribution is 5.81. The Morgan fingerprint density at radius 1 is 1.25 bits per heavy atom. The number of carbonyl (C=O) groups excluding carboxylic acids is 1. The van der Waals surface area contributed by atoms with E-state index in [0.29, 0.717) is 6.42 Å². The molecule has 1 aliphatic heterocycles. The Kier molecular flexibility index (Phi) is 5.69. The van der Waals surface area contributed by atoms with Gasteiger partial charge < -0.3 is 14.8 Å². The number of hydrogen-bond donors (Lipinski definition) is 1. The summed E-state index contributed by atoms with van der Waals surface area (Å²) in [5.74, 6) is 1.53. The highest BCUT2D eigenvalue weighted by atomic mass is 16.5. The van der Waals surface area contributed by atoms with Gasteiger partial charge in [-0.15, -0.1) is 0 Å². The van der Waals surface area contributed by atoms with Crippen LogP contribution in [0.4, 0.5) is 0 Å². The number of rotatable bonds is 5. The van der Waals surface area contributed by atoms with Gasteiger partial charge in [-0.25, -0.2) is 0 Å². The fraction of sp³-hybridized carbons (Fsp3) is 0.458. The summed E-state index contributed by atoms with van der Waals surface area (Å²) in [7, 11) is 0. The molecular formula is C24H31NO3. The maximum Gasteiger partial charge on any atom is 0.261 e. The average Bonchev–Trinajstić information content (AvgIpc) is 2.62. The Labute approximate surface area is 168 Å². The molecule has 28 heavy (non-hydrogen) atoms. The van der Waals surface area contributed by atoms with Crippen LogP contribution in [0.2, 0.25) is 0 Å². The second-order valence-corrected chi connectivity index (χ2v) is 8.38. The molecule has 4 heteroatoms. The van der Waals surface area contributed by atoms with E-state index in [4.69, 9.17) is 9.47 Å². The Morgan fingerprint density at radius 2 is 2.00 bits per heavy atom. The van der Waals surface area contributed by atoms with E-state index in [9.17, 15) is 4.79 Å². The Bertz CT molecular complexity index is 872. The quantitative estimate of drug-likeness (QED) is 0.775. The molecule has 2 atom stereocenters. The fourth-order valence-corrected chi connectivity index (χ4v) is 3.69. The zero-order valence-electron chi connectivity index (χ0n) is 17.8. The Hall–Kier alpha value is -2.49. The summed E-state index contributed by atoms with van der Waals surface area (Å²) in [6.45, 7) is 12.2. The van der Waals surface area contributed by atoms with Crippen LogP contribution in [0.15, 0.2) is 36.4 Å². The molecule has 1 aliphatic rings. The molecule has 3 rings (SSSR count). The summed E-state index contributed by atoms with van der Waals surface area (Å²) < 4.78 is 12.2. The summed E-state index contributed by atoms with van der Waals surface area (Å²) in [5.41, 5.74) is 4.08. The van der Waals surface area contributed by atoms with Gasteiger partial charge in [0.15, 0.2) is 6.10 Å². The van der Waals surface area contributed by atoms with Crippen LogP contribution < -0.4 is 14.8 Å². The second kappa shape index (κ2) is 7.86. The summed E-state index contributed by atoms with van der Waals surface area (Å²) in [4.78, 5) is 13.1. The zero-order valence-corrected chi connectivity index (χ0v) is 17.8. The van der Waals surface area contributed by atoms with Gasteiger partial charge >= 0.3 is 0 Å². The lowest BCUT2D eigenvalue weighted by Gasteiger charge is -2.38. The van der Waals surface area contributed by atoms with Gasteiger partial charge in [-0.2, -0.15) is 0 Å². The summed E-state index contributed by atoms with van der Waals surface area (Å²) in [6, 6.07) is 12.0. The predicted molar refractivity (Wildman–Crippen MR) is 112 cm³/mol. The molecule has 0 saturated heterocycles. The minimum Gasteiger partial charge on any atom is -0.487 e. The van der Waals surface area contributed by atoms with E-state index < -0.39 is 6.10 Å². The number of ether oxygens (including phenoxy) is 2. The average molecular weight is 382 g/mol. The van der Waals surface area contributed by atoms with E-state index >= 15 is 0 Å². The van der Waals surface area contributed by atoms with E-state index in [0.717, 1.165) is 40.2 Å². The lowest BCUT2D eigenvalue weighted by molar-refractivity contribution is -0.129. The number of fused-ring (bicyclic) bond motifs is 1. The number of nitrogens with one attached hydrogen (secondary N) is 1. The first kappa shape index (κ1) is 20.2. The summed E-state index contributed by atoms with van der Waals surface area (Å²) >= 11 is 0. The van der Waals surface area contributed by atoms with Crippen LogP contribution >= 0.6 is 0 Å². The summed E-state index contributed by atoms with van der Waals surface area (Å²) in [6.07, 6.45) is 0.793. The molecule has 0 fully saturated rings. The van der Waals surface area contributed by atoms with Crippen molar-refractivity contribution in [2.75, 3.05) is 0 Å². The van der Waals surface area contributed by atoms with Crippen molar-refractivity contribution in [3.63, 3.8) is 0 Å². The molecule has 150 valence electrons. The molecule has 1 amide bonds. The molecular weight excluding hydrogens is 350 g/mol. The second-order valence-electron chi connectivity index (χ2n) is 8.38. The molecule has 0 saturated carbocycles. The van der Waals surface area contributed by atoms with Gasteiger partial charge in [0.05, 0.1) is 6.04 Å². The first-order valence-corrected chi connectivity index (χ1v) is 10.0. The van der Waals surface area contributed by atoms with Crippen molar-refractivity contribution in [2.24, 2.45) is 0 Å². The molecule has 0 aliphatic carbocycles. The van der Waals surface area contributed by atoms with Gasteiger partial charge in [-0.05, 0) is 64.3 Å². The maximum absolute atomic E-state index is 13.1. The number of amides is 1. The third-order valence-electron chi connectivity index (χ3n) is 5.43. The molecule has 1 heterocycles. The van der Waals surface area contributed by atoms with Crippen LogP contribution in [-0.4, -0.2) is 17.6 Å². The molecule has 0 unspecified atom stereocenters. The van der Waals surface area contributed by atoms with Crippen molar-refractivity contribution in [1.29, 1.82) is 0 Å². The largest absolute Gasteiger partial charge is 0.487 e. The molecule has 2 aromatic rings. The molecule has 0 spiro atoms. The van der Waals surface area contributed by atoms with Crippen molar-refractivity contribution in [3.05, 3.63) is 58.7 Å². The van der Waals surface area contributed by atoms with Crippen LogP contribution in [0.3, 0.4) is 0 Å². The van der Waals surface area contributed by atoms with E-state index in [-0.39, 0.29) is 17.6 Å². The number of hydrogen-bond acceptors (Lipinski definition) is 3. The SMILES string of the molecule is CC[C@H](Oc1cccc(C)c1C)C(=O)N[C@H]1CC(C)(C)Oc2ccc(C)cc21. The van der Waals surface area contributed by atoms with Gasteiger partial charge in [-0.1, -0.05) is 36.8 Å². The van der Waals surface area contributed by atoms with E-state index in [1.807, 2.05) is 51.1 Å². The van der Waals surface area contributed by atoms with Gasteiger partial charge in [0.1, 0.15) is 17.1 Å². The number of aryl methyl sites for hydroxylation is 2. The molecule has 1 N–H and O–H groups in total. The minimum atomic E-state index is -0.528. The molecule has 0 radical (unpaired) electrons. The van der Waals surface area contributed by atoms with Crippen LogP contribution in [0.5, 0.6) is 11.5 Å². The lowest BCUT2D eigenvalue weighted by atomic mass is 9.88. The van der Waals surface area contributed by atoms with E-state index in [1.165, 1.54) is 0 Å². The van der Waals surface area contributed by atoms with Crippen LogP contribution in [0.1, 0.15) is 61.9 Å². The predicted octanol–water partition coefficient (Wildman–Crippen LogP) is 5.19. The zero-order chi connectivity index (χ0) is 20.5. The highest BCUT2D eigenvalue weighted by Gasteiger charge is 2.35. The lowest BCUT2D eigenvalue weighted by Crippen LogP contribution is -2.45. The molecule has 0 bridgehead atoms. The van der Waals surface area contributed by atoms with Crippen molar-refractivity contribution in [3.8, 4) is 11.5 Å². The van der Waals surface area contributed by atoms with E-state index in [1.54, 1.807) is 0 Å². The standard InChI is InChI=1S/C24H31NO3/c1-7-20(27-21-10-8-9-16(3)17(21)4)23(26)25-19-14-24(5,6)28-22-12-11-15(2)13-18(19)22/h8-13,19-20H,7,14H2,1-6H3,(H,25,26)/t19-,20-/m0/s1. The Balaban J connectivity index is 1.81. The first-order valence-electron chi connectivity index (χ1n) is 10.0. The normalized spacial score (nSPS) is 18.6. The summed E-state index contributed by atoms with van der Waals surface area (Å²) in [5, 5.41) is 3.22. The topological polar surface area (TPSA) is 47.6 Å². The first-order chi connectivity index (χ1) is 13.2. The third-order valence-corrected chi connectivity index (χ3v) is 5.43. The monoisotopic (exact) mass is 381 g/mol. The van der Waals surface area contributed by atoms with Crippen molar-refractivity contribution >= 4 is 5.91 Å². The number of carbonyl (C=O) groups is 1. The minimum absolute atomic E-state index is 0.0847. The fourth-order valence-electron chi connectivity index (χ4n) is 3.69. The van der Waals surface area contributed by atoms with Crippen LogP contribution in [0.25, 0.3) is 0 Å². The van der Waals surface area contributed by atoms with Gasteiger partial charge in [0.25, 0.3) is 5.91 Å². The van der Waals surface area contributed by atoms with Crippen LogP contribution in [0, 0.1) is 20.8 Å². The van der Waals surface area contributed by atoms with Gasteiger partial charge in [0, 0.05) is 12.0 Å². The van der Waals surface area contributed by atoms with Gasteiger partial charge in [-0.3, -0.25) is 4.79 Å². The molecule has 4 nitrogen and oxygen atoms in total. The van der Waals surface area contributed by atoms with Crippen molar-refractivity contribution in [1.82, 2.24) is 5.32 Å². The van der Waals surface area contributed by atoms with Crippen molar-refractivity contribution < 1.29 is 14.3 Å². The van der Waals surface area contributed by atoms with Crippen molar-refractivity contribution in [2.45, 2.75) is 72.1 Å². The highest BCUT2D eigenvalue weighted by Crippen LogP contribution is 2.40. The molecule has 2 aromatic carbocycles. The maximum atomic E-state index is 13.1. The smallest absolute Gasteiger partial charge is 0.261 e. The van der Waals surface area contributed by atoms with E-state index in [2.05, 4.69) is 32.2 Å². The Morgan fingerprint density at radius 3 is 2.71 bits per heavy atom. The van der Waals surface area contributed by atoms with Gasteiger partial charge in [0.2, 0.25) is 0 Å². The number of benzene rings is 2.